The standard InChI is InChI=1S/C76H75BN3OS/c1-72(2,3)48-27-33-52(34-28-48)79(53-35-29-49(30-36-53)73(4,5)6)54-37-38-56(62(45-54)78-51-32-39-60-61(44-51)76(12,13)42-41-75(60,10)11)67-69-64(46-59-55-23-17-19-25-65(55)81-70(59)67)80(71-68(77-69)57-24-18-20-26-66(57)82-71)63-40-31-50(74(7,8)9)43-58(63)47-21-15-14-16-22-47/h14-40,43-46,78H,41-42H2,1-13H3. The predicted molar refractivity (Wildman–Crippen MR) is 355 cm³/mol. The van der Waals surface area contributed by atoms with Crippen molar-refractivity contribution in [1.29, 1.82) is 0 Å². The molecular formula is C76H75BN3OS. The van der Waals surface area contributed by atoms with Crippen LogP contribution in [-0.2, 0) is 27.1 Å². The summed E-state index contributed by atoms with van der Waals surface area (Å²) in [4.78, 5) is 5.00. The Kier molecular flexibility index (Phi) is 12.7. The molecule has 0 amide bonds. The van der Waals surface area contributed by atoms with Crippen LogP contribution < -0.4 is 26.0 Å². The smallest absolute Gasteiger partial charge is 0.200 e. The Morgan fingerprint density at radius 1 is 0.500 bits per heavy atom. The van der Waals surface area contributed by atoms with Gasteiger partial charge in [0, 0.05) is 66.3 Å². The van der Waals surface area contributed by atoms with Crippen molar-refractivity contribution >= 4 is 106 Å². The maximum Gasteiger partial charge on any atom is 0.200 e. The summed E-state index contributed by atoms with van der Waals surface area (Å²) in [5, 5.41) is 8.79. The van der Waals surface area contributed by atoms with E-state index >= 15 is 0 Å². The second-order valence-corrected chi connectivity index (χ2v) is 28.6. The van der Waals surface area contributed by atoms with Crippen LogP contribution in [0, 0.1) is 0 Å². The second kappa shape index (κ2) is 19.4. The first-order valence-electron chi connectivity index (χ1n) is 29.4. The van der Waals surface area contributed by atoms with Crippen molar-refractivity contribution in [3.05, 3.63) is 216 Å². The zero-order chi connectivity index (χ0) is 57.3. The highest BCUT2D eigenvalue weighted by atomic mass is 32.1. The van der Waals surface area contributed by atoms with Gasteiger partial charge in [-0.15, -0.1) is 11.3 Å². The van der Waals surface area contributed by atoms with Crippen LogP contribution in [0.25, 0.3) is 54.3 Å². The summed E-state index contributed by atoms with van der Waals surface area (Å²) in [6.07, 6.45) is 2.29. The molecule has 409 valence electrons. The fraction of sp³-hybridized carbons (Fsp3) is 0.263. The summed E-state index contributed by atoms with van der Waals surface area (Å²) in [5.41, 5.74) is 22.8. The molecule has 1 aliphatic heterocycles. The summed E-state index contributed by atoms with van der Waals surface area (Å²) >= 11 is 1.87. The van der Waals surface area contributed by atoms with Crippen molar-refractivity contribution in [1.82, 2.24) is 0 Å². The first-order chi connectivity index (χ1) is 39.0. The van der Waals surface area contributed by atoms with E-state index in [9.17, 15) is 0 Å². The van der Waals surface area contributed by atoms with Gasteiger partial charge in [-0.3, -0.25) is 0 Å². The van der Waals surface area contributed by atoms with Crippen LogP contribution in [0.1, 0.15) is 131 Å². The molecule has 6 heteroatoms. The lowest BCUT2D eigenvalue weighted by atomic mass is 9.58. The lowest BCUT2D eigenvalue weighted by Crippen LogP contribution is -2.40. The van der Waals surface area contributed by atoms with E-state index in [2.05, 4.69) is 300 Å². The summed E-state index contributed by atoms with van der Waals surface area (Å²) < 4.78 is 8.55. The largest absolute Gasteiger partial charge is 0.455 e. The van der Waals surface area contributed by atoms with Gasteiger partial charge in [-0.05, 0) is 168 Å². The maximum absolute atomic E-state index is 7.30. The Balaban J connectivity index is 1.11. The molecule has 0 bridgehead atoms. The van der Waals surface area contributed by atoms with Crippen LogP contribution in [0.5, 0.6) is 0 Å². The van der Waals surface area contributed by atoms with Crippen molar-refractivity contribution in [3.63, 3.8) is 0 Å². The maximum atomic E-state index is 7.30. The highest BCUT2D eigenvalue weighted by molar-refractivity contribution is 7.25. The summed E-state index contributed by atoms with van der Waals surface area (Å²) in [6.45, 7) is 30.3. The number of anilines is 8. The van der Waals surface area contributed by atoms with Crippen LogP contribution in [0.3, 0.4) is 0 Å². The number of thiophene rings is 1. The van der Waals surface area contributed by atoms with Crippen LogP contribution in [0.2, 0.25) is 0 Å². The molecular weight excluding hydrogens is 1010 g/mol. The minimum Gasteiger partial charge on any atom is -0.455 e. The number of para-hydroxylation sites is 1. The predicted octanol–water partition coefficient (Wildman–Crippen LogP) is 21.0. The van der Waals surface area contributed by atoms with Gasteiger partial charge in [-0.2, -0.15) is 0 Å². The molecule has 1 N–H and O–H groups in total. The van der Waals surface area contributed by atoms with E-state index in [0.717, 1.165) is 91.2 Å². The van der Waals surface area contributed by atoms with E-state index in [1.54, 1.807) is 0 Å². The topological polar surface area (TPSA) is 31.7 Å². The Hall–Kier alpha value is -7.80. The van der Waals surface area contributed by atoms with Gasteiger partial charge in [0.2, 0.25) is 0 Å². The van der Waals surface area contributed by atoms with Crippen molar-refractivity contribution in [3.8, 4) is 22.3 Å². The number of benzene rings is 9. The fourth-order valence-electron chi connectivity index (χ4n) is 12.8. The minimum absolute atomic E-state index is 0.00753. The van der Waals surface area contributed by atoms with E-state index in [1.165, 1.54) is 59.5 Å². The Labute approximate surface area is 491 Å². The Bertz CT molecular complexity index is 4220. The molecule has 1 radical (unpaired) electrons. The van der Waals surface area contributed by atoms with Crippen LogP contribution in [-0.4, -0.2) is 7.28 Å². The number of rotatable bonds is 8. The van der Waals surface area contributed by atoms with Crippen LogP contribution in [0.4, 0.5) is 44.8 Å². The average Bonchev–Trinajstić information content (AvgIpc) is 2.16. The first-order valence-corrected chi connectivity index (χ1v) is 30.3. The number of nitrogens with one attached hydrogen (secondary N) is 1. The summed E-state index contributed by atoms with van der Waals surface area (Å²) in [5.74, 6) is 0. The zero-order valence-corrected chi connectivity index (χ0v) is 50.9. The lowest BCUT2D eigenvalue weighted by Gasteiger charge is -2.42. The van der Waals surface area contributed by atoms with Crippen molar-refractivity contribution in [2.75, 3.05) is 15.1 Å². The average molecular weight is 1090 g/mol. The lowest BCUT2D eigenvalue weighted by molar-refractivity contribution is 0.332. The first kappa shape index (κ1) is 53.5. The van der Waals surface area contributed by atoms with Gasteiger partial charge in [-0.25, -0.2) is 0 Å². The highest BCUT2D eigenvalue weighted by Gasteiger charge is 2.38. The number of hydrogen-bond acceptors (Lipinski definition) is 5. The molecule has 0 unspecified atom stereocenters. The van der Waals surface area contributed by atoms with Crippen molar-refractivity contribution < 1.29 is 4.42 Å². The van der Waals surface area contributed by atoms with Crippen LogP contribution >= 0.6 is 11.3 Å². The molecule has 0 fully saturated rings. The molecule has 0 saturated heterocycles. The van der Waals surface area contributed by atoms with Gasteiger partial charge in [0.1, 0.15) is 11.2 Å². The Morgan fingerprint density at radius 3 is 1.74 bits per heavy atom. The van der Waals surface area contributed by atoms with Crippen molar-refractivity contribution in [2.45, 2.75) is 130 Å². The van der Waals surface area contributed by atoms with Gasteiger partial charge in [0.25, 0.3) is 0 Å². The highest BCUT2D eigenvalue weighted by Crippen LogP contribution is 2.52. The number of furan rings is 1. The molecule has 9 aromatic carbocycles. The van der Waals surface area contributed by atoms with E-state index in [-0.39, 0.29) is 27.1 Å². The molecule has 2 aromatic heterocycles. The Morgan fingerprint density at radius 2 is 1.09 bits per heavy atom. The van der Waals surface area contributed by atoms with Crippen molar-refractivity contribution in [2.24, 2.45) is 0 Å². The summed E-state index contributed by atoms with van der Waals surface area (Å²) in [7, 11) is 2.47. The summed E-state index contributed by atoms with van der Waals surface area (Å²) in [6, 6.07) is 70.6. The molecule has 0 saturated carbocycles. The third kappa shape index (κ3) is 9.32. The zero-order valence-electron chi connectivity index (χ0n) is 50.1. The molecule has 4 nitrogen and oxygen atoms in total. The molecule has 13 rings (SSSR count). The van der Waals surface area contributed by atoms with E-state index in [4.69, 9.17) is 4.42 Å². The molecule has 1 aliphatic carbocycles. The van der Waals surface area contributed by atoms with Crippen LogP contribution in [0.15, 0.2) is 192 Å². The van der Waals surface area contributed by atoms with Gasteiger partial charge < -0.3 is 19.5 Å². The fourth-order valence-corrected chi connectivity index (χ4v) is 14.0. The van der Waals surface area contributed by atoms with E-state index in [1.807, 2.05) is 11.3 Å². The van der Waals surface area contributed by atoms with Gasteiger partial charge in [-0.1, -0.05) is 199 Å². The molecule has 11 aromatic rings. The number of fused-ring (bicyclic) bond motifs is 8. The molecule has 0 atom stereocenters. The van der Waals surface area contributed by atoms with E-state index in [0.29, 0.717) is 0 Å². The van der Waals surface area contributed by atoms with Gasteiger partial charge >= 0.3 is 0 Å². The van der Waals surface area contributed by atoms with E-state index < -0.39 is 0 Å². The van der Waals surface area contributed by atoms with Gasteiger partial charge in [0.15, 0.2) is 7.28 Å². The SMILES string of the molecule is CC(C)(C)c1ccc(N(c2ccc(C(C)(C)C)cc2)c2ccc(-c3c4c(cc5c3oc3ccccc35)N(c3ccc(C(C)(C)C)cc3-c3ccccc3)c3sc5ccccc5c3[B]4)c(Nc3ccc4c(c3)C(C)(C)CCC4(C)C)c2)cc1. The van der Waals surface area contributed by atoms with Gasteiger partial charge in [0.05, 0.1) is 10.7 Å². The number of hydrogen-bond donors (Lipinski definition) is 1. The monoisotopic (exact) mass is 1090 g/mol. The molecule has 0 spiro atoms. The molecule has 82 heavy (non-hydrogen) atoms. The minimum atomic E-state index is -0.0611. The normalized spacial score (nSPS) is 14.8. The third-order valence-electron chi connectivity index (χ3n) is 17.9. The second-order valence-electron chi connectivity index (χ2n) is 27.6. The number of nitrogens with zero attached hydrogens (tertiary/aromatic N) is 2. The quantitative estimate of drug-likeness (QED) is 0.154. The third-order valence-corrected chi connectivity index (χ3v) is 19.0. The molecule has 2 aliphatic rings. The molecule has 3 heterocycles.